The van der Waals surface area contributed by atoms with Crippen LogP contribution in [-0.2, 0) is 11.2 Å². The Kier molecular flexibility index (Phi) is 6.15. The maximum absolute atomic E-state index is 11.7. The molecule has 3 N–H and O–H groups in total. The van der Waals surface area contributed by atoms with Gasteiger partial charge in [-0.1, -0.05) is 28.1 Å². The fourth-order valence-corrected chi connectivity index (χ4v) is 2.33. The van der Waals surface area contributed by atoms with E-state index in [0.717, 1.165) is 27.9 Å². The van der Waals surface area contributed by atoms with Crippen LogP contribution < -0.4 is 11.1 Å². The molecule has 0 unspecified atom stereocenters. The summed E-state index contributed by atoms with van der Waals surface area (Å²) >= 11 is 3.41. The van der Waals surface area contributed by atoms with Gasteiger partial charge in [0.25, 0.3) is 0 Å². The van der Waals surface area contributed by atoms with Crippen molar-refractivity contribution in [1.82, 2.24) is 10.3 Å². The Bertz CT molecular complexity index is 623. The number of nitrogens with one attached hydrogen (secondary N) is 1. The Balaban J connectivity index is 1.95. The molecule has 118 valence electrons. The van der Waals surface area contributed by atoms with Crippen LogP contribution in [0.5, 0.6) is 0 Å². The monoisotopic (exact) mass is 365 g/mol. The molecule has 1 aromatic heterocycles. The summed E-state index contributed by atoms with van der Waals surface area (Å²) in [5.41, 5.74) is 7.20. The number of carbonyl (C=O) groups excluding carboxylic acids is 1. The number of benzene rings is 1. The lowest BCUT2D eigenvalue weighted by molar-refractivity contribution is -0.121. The number of aryl methyl sites for hydroxylation is 2. The van der Waals surface area contributed by atoms with E-state index >= 15 is 0 Å². The second kappa shape index (κ2) is 8.10. The highest BCUT2D eigenvalue weighted by Crippen LogP contribution is 2.26. The number of nitrogens with zero attached hydrogens (tertiary/aromatic N) is 1. The van der Waals surface area contributed by atoms with Gasteiger partial charge in [-0.05, 0) is 32.0 Å². The first-order valence-electron chi connectivity index (χ1n) is 7.29. The average molecular weight is 366 g/mol. The van der Waals surface area contributed by atoms with Gasteiger partial charge in [-0.25, -0.2) is 4.98 Å². The first-order valence-corrected chi connectivity index (χ1v) is 8.08. The van der Waals surface area contributed by atoms with E-state index in [-0.39, 0.29) is 5.91 Å². The van der Waals surface area contributed by atoms with Crippen LogP contribution in [-0.4, -0.2) is 24.0 Å². The summed E-state index contributed by atoms with van der Waals surface area (Å²) < 4.78 is 6.81. The predicted molar refractivity (Wildman–Crippen MR) is 89.4 cm³/mol. The molecule has 1 heterocycles. The van der Waals surface area contributed by atoms with E-state index in [2.05, 4.69) is 26.2 Å². The molecule has 0 bridgehead atoms. The van der Waals surface area contributed by atoms with Crippen LogP contribution in [0, 0.1) is 6.92 Å². The van der Waals surface area contributed by atoms with Gasteiger partial charge in [0.2, 0.25) is 5.91 Å². The van der Waals surface area contributed by atoms with Gasteiger partial charge in [0.15, 0.2) is 11.7 Å². The third-order valence-corrected chi connectivity index (χ3v) is 3.74. The van der Waals surface area contributed by atoms with Gasteiger partial charge in [-0.15, -0.1) is 0 Å². The fourth-order valence-electron chi connectivity index (χ4n) is 2.07. The normalized spacial score (nSPS) is 10.7. The highest BCUT2D eigenvalue weighted by atomic mass is 79.9. The summed E-state index contributed by atoms with van der Waals surface area (Å²) in [6.45, 7) is 3.10. The molecular weight excluding hydrogens is 346 g/mol. The SMILES string of the molecule is Cc1nc(CCC(=O)NCCCN)oc1-c1ccc(Br)cc1. The van der Waals surface area contributed by atoms with Gasteiger partial charge in [0.1, 0.15) is 0 Å². The van der Waals surface area contributed by atoms with Gasteiger partial charge in [0, 0.05) is 29.4 Å². The van der Waals surface area contributed by atoms with Crippen LogP contribution in [0.1, 0.15) is 24.4 Å². The van der Waals surface area contributed by atoms with Gasteiger partial charge < -0.3 is 15.5 Å². The number of carbonyl (C=O) groups is 1. The van der Waals surface area contributed by atoms with Crippen LogP contribution in [0.2, 0.25) is 0 Å². The van der Waals surface area contributed by atoms with E-state index in [1.165, 1.54) is 0 Å². The molecule has 1 aromatic carbocycles. The Morgan fingerprint density at radius 2 is 2.09 bits per heavy atom. The van der Waals surface area contributed by atoms with Crippen molar-refractivity contribution in [3.8, 4) is 11.3 Å². The summed E-state index contributed by atoms with van der Waals surface area (Å²) in [6.07, 6.45) is 1.65. The summed E-state index contributed by atoms with van der Waals surface area (Å²) in [6, 6.07) is 7.87. The van der Waals surface area contributed by atoms with Crippen LogP contribution in [0.3, 0.4) is 0 Å². The maximum atomic E-state index is 11.7. The zero-order valence-electron chi connectivity index (χ0n) is 12.6. The Labute approximate surface area is 138 Å². The van der Waals surface area contributed by atoms with Crippen molar-refractivity contribution in [3.05, 3.63) is 40.3 Å². The number of nitrogens with two attached hydrogens (primary N) is 1. The predicted octanol–water partition coefficient (Wildman–Crippen LogP) is 2.81. The number of amides is 1. The Hall–Kier alpha value is -1.66. The molecule has 0 spiro atoms. The van der Waals surface area contributed by atoms with E-state index in [1.54, 1.807) is 0 Å². The summed E-state index contributed by atoms with van der Waals surface area (Å²) in [5.74, 6) is 1.34. The van der Waals surface area contributed by atoms with Crippen LogP contribution in [0.25, 0.3) is 11.3 Å². The molecule has 0 saturated heterocycles. The number of hydrogen-bond acceptors (Lipinski definition) is 4. The summed E-state index contributed by atoms with van der Waals surface area (Å²) in [7, 11) is 0. The van der Waals surface area contributed by atoms with E-state index in [0.29, 0.717) is 31.8 Å². The van der Waals surface area contributed by atoms with E-state index in [9.17, 15) is 4.79 Å². The quantitative estimate of drug-likeness (QED) is 0.739. The molecule has 0 saturated carbocycles. The third-order valence-electron chi connectivity index (χ3n) is 3.22. The second-order valence-corrected chi connectivity index (χ2v) is 5.94. The first-order chi connectivity index (χ1) is 10.6. The van der Waals surface area contributed by atoms with Crippen molar-refractivity contribution >= 4 is 21.8 Å². The smallest absolute Gasteiger partial charge is 0.220 e. The minimum atomic E-state index is -0.00510. The van der Waals surface area contributed by atoms with Crippen molar-refractivity contribution in [1.29, 1.82) is 0 Å². The van der Waals surface area contributed by atoms with E-state index in [1.807, 2.05) is 31.2 Å². The third kappa shape index (κ3) is 4.68. The van der Waals surface area contributed by atoms with Crippen molar-refractivity contribution < 1.29 is 9.21 Å². The van der Waals surface area contributed by atoms with Crippen LogP contribution in [0.4, 0.5) is 0 Å². The number of halogens is 1. The van der Waals surface area contributed by atoms with E-state index in [4.69, 9.17) is 10.2 Å². The molecule has 2 aromatic rings. The molecule has 0 aliphatic rings. The molecule has 0 fully saturated rings. The van der Waals surface area contributed by atoms with Crippen LogP contribution >= 0.6 is 15.9 Å². The summed E-state index contributed by atoms with van der Waals surface area (Å²) in [4.78, 5) is 16.1. The zero-order chi connectivity index (χ0) is 15.9. The Morgan fingerprint density at radius 3 is 2.77 bits per heavy atom. The molecule has 1 amide bonds. The largest absolute Gasteiger partial charge is 0.440 e. The highest BCUT2D eigenvalue weighted by molar-refractivity contribution is 9.10. The average Bonchev–Trinajstić information content (AvgIpc) is 2.87. The topological polar surface area (TPSA) is 81.2 Å². The van der Waals surface area contributed by atoms with Crippen molar-refractivity contribution in [3.63, 3.8) is 0 Å². The van der Waals surface area contributed by atoms with Crippen LogP contribution in [0.15, 0.2) is 33.2 Å². The number of hydrogen-bond donors (Lipinski definition) is 2. The minimum Gasteiger partial charge on any atom is -0.440 e. The lowest BCUT2D eigenvalue weighted by atomic mass is 10.1. The van der Waals surface area contributed by atoms with Gasteiger partial charge in [0.05, 0.1) is 5.69 Å². The lowest BCUT2D eigenvalue weighted by Gasteiger charge is -2.02. The zero-order valence-corrected chi connectivity index (χ0v) is 14.1. The number of oxazole rings is 1. The Morgan fingerprint density at radius 1 is 1.36 bits per heavy atom. The van der Waals surface area contributed by atoms with Gasteiger partial charge in [-0.2, -0.15) is 0 Å². The molecule has 22 heavy (non-hydrogen) atoms. The number of aromatic nitrogens is 1. The molecule has 0 aliphatic heterocycles. The molecule has 0 atom stereocenters. The molecule has 6 heteroatoms. The van der Waals surface area contributed by atoms with Gasteiger partial charge in [-0.3, -0.25) is 4.79 Å². The second-order valence-electron chi connectivity index (χ2n) is 5.02. The first kappa shape index (κ1) is 16.7. The fraction of sp³-hybridized carbons (Fsp3) is 0.375. The highest BCUT2D eigenvalue weighted by Gasteiger charge is 2.12. The molecule has 5 nitrogen and oxygen atoms in total. The lowest BCUT2D eigenvalue weighted by Crippen LogP contribution is -2.26. The van der Waals surface area contributed by atoms with E-state index < -0.39 is 0 Å². The van der Waals surface area contributed by atoms with Crippen molar-refractivity contribution in [2.75, 3.05) is 13.1 Å². The van der Waals surface area contributed by atoms with Gasteiger partial charge >= 0.3 is 0 Å². The molecule has 0 radical (unpaired) electrons. The van der Waals surface area contributed by atoms with Crippen molar-refractivity contribution in [2.24, 2.45) is 5.73 Å². The molecule has 0 aliphatic carbocycles. The summed E-state index contributed by atoms with van der Waals surface area (Å²) in [5, 5.41) is 2.82. The molecule has 2 rings (SSSR count). The number of rotatable bonds is 7. The van der Waals surface area contributed by atoms with Crippen molar-refractivity contribution in [2.45, 2.75) is 26.2 Å². The minimum absolute atomic E-state index is 0.00510. The standard InChI is InChI=1S/C16H20BrN3O2/c1-11-16(12-3-5-13(17)6-4-12)22-15(20-11)8-7-14(21)19-10-2-9-18/h3-6H,2,7-10,18H2,1H3,(H,19,21). The molecular formula is C16H20BrN3O2. The maximum Gasteiger partial charge on any atom is 0.220 e.